The molecule has 2 aromatic carbocycles. The number of carbonyl (C=O) groups is 1. The Morgan fingerprint density at radius 3 is 2.44 bits per heavy atom. The zero-order valence-corrected chi connectivity index (χ0v) is 13.6. The highest BCUT2D eigenvalue weighted by molar-refractivity contribution is 6.32. The van der Waals surface area contributed by atoms with Gasteiger partial charge in [0, 0.05) is 11.1 Å². The lowest BCUT2D eigenvalue weighted by Crippen LogP contribution is -2.65. The molecule has 1 amide bonds. The molecule has 0 unspecified atom stereocenters. The predicted molar refractivity (Wildman–Crippen MR) is 82.1 cm³/mol. The summed E-state index contributed by atoms with van der Waals surface area (Å²) in [4.78, 5) is 11.9. The summed E-state index contributed by atoms with van der Waals surface area (Å²) in [5, 5.41) is 1.72. The summed E-state index contributed by atoms with van der Waals surface area (Å²) >= 11 is 11.5. The molecule has 0 saturated carbocycles. The smallest absolute Gasteiger partial charge is 0.424 e. The Hall–Kier alpha value is -2.32. The first-order valence-corrected chi connectivity index (χ1v) is 7.45. The molecule has 0 bridgehead atoms. The molecule has 0 aliphatic carbocycles. The van der Waals surface area contributed by atoms with Gasteiger partial charge in [0.2, 0.25) is 0 Å². The minimum Gasteiger partial charge on any atom is -0.424 e. The van der Waals surface area contributed by atoms with E-state index >= 15 is 0 Å². The van der Waals surface area contributed by atoms with Crippen molar-refractivity contribution in [3.8, 4) is 17.2 Å². The van der Waals surface area contributed by atoms with Crippen LogP contribution in [0.3, 0.4) is 0 Å². The van der Waals surface area contributed by atoms with Gasteiger partial charge in [0.25, 0.3) is 0 Å². The Kier molecular flexibility index (Phi) is 4.34. The van der Waals surface area contributed by atoms with Crippen LogP contribution >= 0.6 is 23.2 Å². The Labute approximate surface area is 149 Å². The minimum absolute atomic E-state index is 0.0436. The van der Waals surface area contributed by atoms with E-state index in [4.69, 9.17) is 37.4 Å². The van der Waals surface area contributed by atoms with Crippen LogP contribution in [-0.2, 0) is 0 Å². The maximum Gasteiger partial charge on any atom is 0.492 e. The summed E-state index contributed by atoms with van der Waals surface area (Å²) in [5.41, 5.74) is 0. The molecule has 10 heteroatoms. The van der Waals surface area contributed by atoms with Gasteiger partial charge in [0.1, 0.15) is 0 Å². The molecule has 2 aromatic rings. The standard InChI is InChI=1S/C15H8Cl2F3NO4/c16-8-5-6-11-12(7-8)25-15(24-11,14(18,19)20)21-13(22)23-10-4-2-1-3-9(10)17/h1-7H,(H,21,22)/t15-/m1/s1. The molecule has 1 N–H and O–H groups in total. The molecule has 132 valence electrons. The molecule has 25 heavy (non-hydrogen) atoms. The summed E-state index contributed by atoms with van der Waals surface area (Å²) in [7, 11) is 0. The van der Waals surface area contributed by atoms with Gasteiger partial charge in [0.15, 0.2) is 17.2 Å². The number of halogens is 5. The number of para-hydroxylation sites is 1. The zero-order chi connectivity index (χ0) is 18.2. The fourth-order valence-corrected chi connectivity index (χ4v) is 2.34. The van der Waals surface area contributed by atoms with E-state index in [1.165, 1.54) is 30.3 Å². The average molecular weight is 394 g/mol. The third-order valence-electron chi connectivity index (χ3n) is 3.09. The molecule has 0 radical (unpaired) electrons. The van der Waals surface area contributed by atoms with Crippen LogP contribution in [0.2, 0.25) is 10.0 Å². The van der Waals surface area contributed by atoms with Crippen LogP contribution in [0.5, 0.6) is 17.2 Å². The number of ether oxygens (including phenoxy) is 3. The molecule has 0 saturated heterocycles. The molecule has 0 fully saturated rings. The molecular weight excluding hydrogens is 386 g/mol. The number of hydrogen-bond acceptors (Lipinski definition) is 4. The van der Waals surface area contributed by atoms with Crippen molar-refractivity contribution in [3.05, 3.63) is 52.5 Å². The van der Waals surface area contributed by atoms with E-state index in [0.717, 1.165) is 6.07 Å². The summed E-state index contributed by atoms with van der Waals surface area (Å²) in [6.07, 6.45) is -6.58. The van der Waals surface area contributed by atoms with E-state index in [9.17, 15) is 18.0 Å². The number of alkyl halides is 3. The van der Waals surface area contributed by atoms with Crippen molar-refractivity contribution in [1.82, 2.24) is 5.32 Å². The Balaban J connectivity index is 1.84. The summed E-state index contributed by atoms with van der Waals surface area (Å²) in [5.74, 6) is -4.08. The lowest BCUT2D eigenvalue weighted by atomic mass is 10.3. The lowest BCUT2D eigenvalue weighted by molar-refractivity contribution is -0.318. The van der Waals surface area contributed by atoms with E-state index in [0.29, 0.717) is 0 Å². The van der Waals surface area contributed by atoms with Crippen LogP contribution < -0.4 is 19.5 Å². The summed E-state index contributed by atoms with van der Waals surface area (Å²) in [6.45, 7) is 0. The van der Waals surface area contributed by atoms with E-state index < -0.39 is 18.2 Å². The van der Waals surface area contributed by atoms with Gasteiger partial charge in [-0.05, 0) is 24.3 Å². The van der Waals surface area contributed by atoms with Gasteiger partial charge < -0.3 is 14.2 Å². The van der Waals surface area contributed by atoms with Gasteiger partial charge in [-0.2, -0.15) is 13.2 Å². The molecule has 1 heterocycles. The van der Waals surface area contributed by atoms with Gasteiger partial charge in [-0.1, -0.05) is 35.3 Å². The molecule has 5 nitrogen and oxygen atoms in total. The van der Waals surface area contributed by atoms with Gasteiger partial charge in [-0.25, -0.2) is 10.1 Å². The quantitative estimate of drug-likeness (QED) is 0.798. The highest BCUT2D eigenvalue weighted by Gasteiger charge is 2.66. The third-order valence-corrected chi connectivity index (χ3v) is 3.64. The molecule has 0 aromatic heterocycles. The van der Waals surface area contributed by atoms with Gasteiger partial charge in [-0.3, -0.25) is 0 Å². The van der Waals surface area contributed by atoms with Gasteiger partial charge in [0.05, 0.1) is 5.02 Å². The molecule has 1 atom stereocenters. The van der Waals surface area contributed by atoms with Gasteiger partial charge >= 0.3 is 18.2 Å². The van der Waals surface area contributed by atoms with Crippen LogP contribution in [0.4, 0.5) is 18.0 Å². The highest BCUT2D eigenvalue weighted by Crippen LogP contribution is 2.46. The van der Waals surface area contributed by atoms with E-state index in [2.05, 4.69) is 0 Å². The zero-order valence-electron chi connectivity index (χ0n) is 12.1. The van der Waals surface area contributed by atoms with Crippen LogP contribution in [0.1, 0.15) is 0 Å². The van der Waals surface area contributed by atoms with Crippen molar-refractivity contribution in [3.63, 3.8) is 0 Å². The molecule has 1 aliphatic rings. The Bertz CT molecular complexity index is 831. The number of carbonyl (C=O) groups excluding carboxylic acids is 1. The predicted octanol–water partition coefficient (Wildman–Crippen LogP) is 4.77. The van der Waals surface area contributed by atoms with Crippen molar-refractivity contribution < 1.29 is 32.2 Å². The lowest BCUT2D eigenvalue weighted by Gasteiger charge is -2.29. The highest BCUT2D eigenvalue weighted by atomic mass is 35.5. The summed E-state index contributed by atoms with van der Waals surface area (Å²) < 4.78 is 54.8. The topological polar surface area (TPSA) is 56.8 Å². The van der Waals surface area contributed by atoms with Crippen molar-refractivity contribution in [2.24, 2.45) is 0 Å². The number of nitrogens with one attached hydrogen (secondary N) is 1. The van der Waals surface area contributed by atoms with Crippen LogP contribution in [0.25, 0.3) is 0 Å². The first kappa shape index (κ1) is 17.5. The second-order valence-corrected chi connectivity index (χ2v) is 5.70. The SMILES string of the molecule is O=C(N[C@]1(C(F)(F)F)Oc2ccc(Cl)cc2O1)Oc1ccccc1Cl. The molecule has 0 spiro atoms. The van der Waals surface area contributed by atoms with Crippen LogP contribution in [-0.4, -0.2) is 18.2 Å². The molecular formula is C15H8Cl2F3NO4. The Morgan fingerprint density at radius 1 is 1.08 bits per heavy atom. The molecule has 1 aliphatic heterocycles. The van der Waals surface area contributed by atoms with Crippen molar-refractivity contribution >= 4 is 29.3 Å². The average Bonchev–Trinajstić information content (AvgIpc) is 2.87. The van der Waals surface area contributed by atoms with Crippen molar-refractivity contribution in [2.75, 3.05) is 0 Å². The van der Waals surface area contributed by atoms with E-state index in [1.807, 2.05) is 0 Å². The van der Waals surface area contributed by atoms with Crippen LogP contribution in [0.15, 0.2) is 42.5 Å². The fraction of sp³-hybridized carbons (Fsp3) is 0.133. The second kappa shape index (κ2) is 6.20. The van der Waals surface area contributed by atoms with Crippen molar-refractivity contribution in [2.45, 2.75) is 12.1 Å². The first-order valence-electron chi connectivity index (χ1n) is 6.69. The number of rotatable bonds is 2. The normalized spacial score (nSPS) is 18.8. The van der Waals surface area contributed by atoms with Gasteiger partial charge in [-0.15, -0.1) is 0 Å². The third kappa shape index (κ3) is 3.40. The van der Waals surface area contributed by atoms with E-state index in [1.54, 1.807) is 11.4 Å². The fourth-order valence-electron chi connectivity index (χ4n) is 2.00. The number of benzene rings is 2. The maximum atomic E-state index is 13.5. The second-order valence-electron chi connectivity index (χ2n) is 4.85. The number of fused-ring (bicyclic) bond motifs is 1. The summed E-state index contributed by atoms with van der Waals surface area (Å²) in [6, 6.07) is 9.41. The first-order chi connectivity index (χ1) is 11.7. The number of amides is 1. The maximum absolute atomic E-state index is 13.5. The number of hydrogen-bond donors (Lipinski definition) is 1. The largest absolute Gasteiger partial charge is 0.492 e. The minimum atomic E-state index is -5.11. The van der Waals surface area contributed by atoms with Crippen molar-refractivity contribution in [1.29, 1.82) is 0 Å². The van der Waals surface area contributed by atoms with E-state index in [-0.39, 0.29) is 27.3 Å². The molecule has 3 rings (SSSR count). The van der Waals surface area contributed by atoms with Crippen LogP contribution in [0, 0.1) is 0 Å². The Morgan fingerprint density at radius 2 is 1.76 bits per heavy atom. The monoisotopic (exact) mass is 393 g/mol.